The Morgan fingerprint density at radius 2 is 0.833 bits per heavy atom. The largest absolute Gasteiger partial charge is 0.462 e. The summed E-state index contributed by atoms with van der Waals surface area (Å²) in [6, 6.07) is 13.5. The van der Waals surface area contributed by atoms with Gasteiger partial charge in [-0.15, -0.1) is 0 Å². The molecule has 0 saturated carbocycles. The number of hydrogen-bond acceptors (Lipinski definition) is 6. The SMILES string of the molecule is Nc1ccc(C(=O)OCCCCCCCCCCOC(=O)c2ccc(N)cc2)cc1. The van der Waals surface area contributed by atoms with Gasteiger partial charge in [-0.05, 0) is 61.4 Å². The third-order valence-corrected chi connectivity index (χ3v) is 4.80. The second-order valence-electron chi connectivity index (χ2n) is 7.34. The van der Waals surface area contributed by atoms with Crippen LogP contribution in [-0.4, -0.2) is 25.2 Å². The Morgan fingerprint density at radius 3 is 1.17 bits per heavy atom. The summed E-state index contributed by atoms with van der Waals surface area (Å²) in [5.74, 6) is -0.598. The van der Waals surface area contributed by atoms with Gasteiger partial charge in [0.25, 0.3) is 0 Å². The van der Waals surface area contributed by atoms with Crippen LogP contribution in [-0.2, 0) is 9.47 Å². The van der Waals surface area contributed by atoms with E-state index in [2.05, 4.69) is 0 Å². The molecule has 162 valence electrons. The van der Waals surface area contributed by atoms with Gasteiger partial charge in [0, 0.05) is 11.4 Å². The van der Waals surface area contributed by atoms with Gasteiger partial charge in [-0.25, -0.2) is 9.59 Å². The van der Waals surface area contributed by atoms with Crippen LogP contribution in [0.25, 0.3) is 0 Å². The van der Waals surface area contributed by atoms with Crippen molar-refractivity contribution in [2.45, 2.75) is 51.4 Å². The lowest BCUT2D eigenvalue weighted by atomic mass is 10.1. The van der Waals surface area contributed by atoms with E-state index in [1.54, 1.807) is 48.5 Å². The quantitative estimate of drug-likeness (QED) is 0.273. The van der Waals surface area contributed by atoms with Crippen LogP contribution in [0, 0.1) is 0 Å². The van der Waals surface area contributed by atoms with Crippen molar-refractivity contribution in [1.29, 1.82) is 0 Å². The molecule has 0 unspecified atom stereocenters. The van der Waals surface area contributed by atoms with Crippen LogP contribution in [0.4, 0.5) is 11.4 Å². The number of benzene rings is 2. The number of nitrogen functional groups attached to an aromatic ring is 2. The van der Waals surface area contributed by atoms with E-state index in [4.69, 9.17) is 20.9 Å². The fourth-order valence-corrected chi connectivity index (χ4v) is 3.00. The number of unbranched alkanes of at least 4 members (excludes halogenated alkanes) is 7. The first-order chi connectivity index (χ1) is 14.6. The molecule has 6 heteroatoms. The molecule has 2 rings (SSSR count). The lowest BCUT2D eigenvalue weighted by molar-refractivity contribution is 0.0487. The van der Waals surface area contributed by atoms with E-state index in [1.165, 1.54) is 0 Å². The molecule has 0 amide bonds. The van der Waals surface area contributed by atoms with Crippen molar-refractivity contribution in [1.82, 2.24) is 0 Å². The fraction of sp³-hybridized carbons (Fsp3) is 0.417. The molecule has 0 spiro atoms. The maximum Gasteiger partial charge on any atom is 0.338 e. The highest BCUT2D eigenvalue weighted by Gasteiger charge is 2.07. The second-order valence-corrected chi connectivity index (χ2v) is 7.34. The van der Waals surface area contributed by atoms with Crippen molar-refractivity contribution in [3.05, 3.63) is 59.7 Å². The highest BCUT2D eigenvalue weighted by Crippen LogP contribution is 2.11. The van der Waals surface area contributed by atoms with E-state index >= 15 is 0 Å². The minimum Gasteiger partial charge on any atom is -0.462 e. The van der Waals surface area contributed by atoms with Crippen LogP contribution in [0.3, 0.4) is 0 Å². The molecule has 6 nitrogen and oxygen atoms in total. The van der Waals surface area contributed by atoms with E-state index < -0.39 is 0 Å². The van der Waals surface area contributed by atoms with Crippen LogP contribution in [0.1, 0.15) is 72.1 Å². The van der Waals surface area contributed by atoms with Gasteiger partial charge in [0.2, 0.25) is 0 Å². The first kappa shape index (κ1) is 23.3. The summed E-state index contributed by atoms with van der Waals surface area (Å²) >= 11 is 0. The average molecular weight is 413 g/mol. The normalized spacial score (nSPS) is 10.5. The molecule has 2 aromatic carbocycles. The van der Waals surface area contributed by atoms with Gasteiger partial charge in [0.05, 0.1) is 24.3 Å². The molecule has 0 fully saturated rings. The molecule has 0 radical (unpaired) electrons. The van der Waals surface area contributed by atoms with E-state index in [-0.39, 0.29) is 11.9 Å². The highest BCUT2D eigenvalue weighted by atomic mass is 16.5. The summed E-state index contributed by atoms with van der Waals surface area (Å²) in [6.45, 7) is 0.894. The van der Waals surface area contributed by atoms with Crippen molar-refractivity contribution >= 4 is 23.3 Å². The molecule has 0 atom stereocenters. The van der Waals surface area contributed by atoms with Gasteiger partial charge in [-0.1, -0.05) is 38.5 Å². The van der Waals surface area contributed by atoms with Crippen molar-refractivity contribution in [3.8, 4) is 0 Å². The lowest BCUT2D eigenvalue weighted by Crippen LogP contribution is -2.06. The molecule has 0 bridgehead atoms. The fourth-order valence-electron chi connectivity index (χ4n) is 3.00. The van der Waals surface area contributed by atoms with Crippen molar-refractivity contribution < 1.29 is 19.1 Å². The second kappa shape index (κ2) is 13.2. The molecular weight excluding hydrogens is 380 g/mol. The summed E-state index contributed by atoms with van der Waals surface area (Å²) < 4.78 is 10.5. The van der Waals surface area contributed by atoms with Crippen LogP contribution in [0.15, 0.2) is 48.5 Å². The summed E-state index contributed by atoms with van der Waals surface area (Å²) in [7, 11) is 0. The third kappa shape index (κ3) is 8.99. The zero-order valence-corrected chi connectivity index (χ0v) is 17.5. The Labute approximate surface area is 178 Å². The molecule has 0 aliphatic heterocycles. The zero-order valence-electron chi connectivity index (χ0n) is 17.5. The minimum atomic E-state index is -0.299. The first-order valence-corrected chi connectivity index (χ1v) is 10.6. The van der Waals surface area contributed by atoms with Gasteiger partial charge in [0.15, 0.2) is 0 Å². The summed E-state index contributed by atoms with van der Waals surface area (Å²) in [5.41, 5.74) is 13.5. The van der Waals surface area contributed by atoms with Crippen LogP contribution < -0.4 is 11.5 Å². The van der Waals surface area contributed by atoms with E-state index in [0.29, 0.717) is 35.7 Å². The Balaban J connectivity index is 1.39. The number of nitrogens with two attached hydrogens (primary N) is 2. The molecule has 2 aromatic rings. The summed E-state index contributed by atoms with van der Waals surface area (Å²) in [4.78, 5) is 23.7. The number of anilines is 2. The van der Waals surface area contributed by atoms with Gasteiger partial charge in [0.1, 0.15) is 0 Å². The number of rotatable bonds is 13. The number of ether oxygens (including phenoxy) is 2. The van der Waals surface area contributed by atoms with Crippen molar-refractivity contribution in [3.63, 3.8) is 0 Å². The number of carbonyl (C=O) groups excluding carboxylic acids is 2. The maximum absolute atomic E-state index is 11.9. The number of carbonyl (C=O) groups is 2. The molecule has 0 aliphatic rings. The van der Waals surface area contributed by atoms with E-state index in [1.807, 2.05) is 0 Å². The maximum atomic E-state index is 11.9. The van der Waals surface area contributed by atoms with Gasteiger partial charge in [-0.2, -0.15) is 0 Å². The topological polar surface area (TPSA) is 105 Å². The minimum absolute atomic E-state index is 0.299. The predicted octanol–water partition coefficient (Wildman–Crippen LogP) is 4.99. The van der Waals surface area contributed by atoms with Crippen molar-refractivity contribution in [2.24, 2.45) is 0 Å². The number of esters is 2. The molecule has 30 heavy (non-hydrogen) atoms. The van der Waals surface area contributed by atoms with E-state index in [0.717, 1.165) is 51.4 Å². The van der Waals surface area contributed by atoms with Crippen LogP contribution in [0.5, 0.6) is 0 Å². The molecule has 0 aliphatic carbocycles. The molecular formula is C24H32N2O4. The summed E-state index contributed by atoms with van der Waals surface area (Å²) in [5, 5.41) is 0. The molecule has 0 heterocycles. The van der Waals surface area contributed by atoms with Crippen LogP contribution >= 0.6 is 0 Å². The first-order valence-electron chi connectivity index (χ1n) is 10.6. The number of hydrogen-bond donors (Lipinski definition) is 2. The third-order valence-electron chi connectivity index (χ3n) is 4.80. The van der Waals surface area contributed by atoms with Gasteiger partial charge in [-0.3, -0.25) is 0 Å². The Hall–Kier alpha value is -3.02. The van der Waals surface area contributed by atoms with Gasteiger partial charge >= 0.3 is 11.9 Å². The Morgan fingerprint density at radius 1 is 0.533 bits per heavy atom. The van der Waals surface area contributed by atoms with Crippen LogP contribution in [0.2, 0.25) is 0 Å². The molecule has 4 N–H and O–H groups in total. The lowest BCUT2D eigenvalue weighted by Gasteiger charge is -2.06. The average Bonchev–Trinajstić information content (AvgIpc) is 2.75. The zero-order chi connectivity index (χ0) is 21.6. The van der Waals surface area contributed by atoms with Crippen molar-refractivity contribution in [2.75, 3.05) is 24.7 Å². The summed E-state index contributed by atoms with van der Waals surface area (Å²) in [6.07, 6.45) is 8.44. The Kier molecular flexibility index (Phi) is 10.3. The predicted molar refractivity (Wildman–Crippen MR) is 119 cm³/mol. The Bertz CT molecular complexity index is 705. The standard InChI is InChI=1S/C24H32N2O4/c25-21-13-9-19(10-14-21)23(27)29-17-7-5-3-1-2-4-6-8-18-30-24(28)20-11-15-22(26)16-12-20/h9-16H,1-8,17-18,25-26H2. The monoisotopic (exact) mass is 412 g/mol. The highest BCUT2D eigenvalue weighted by molar-refractivity contribution is 5.90. The smallest absolute Gasteiger partial charge is 0.338 e. The van der Waals surface area contributed by atoms with E-state index in [9.17, 15) is 9.59 Å². The molecule has 0 saturated heterocycles. The van der Waals surface area contributed by atoms with Gasteiger partial charge < -0.3 is 20.9 Å². The molecule has 0 aromatic heterocycles.